The van der Waals surface area contributed by atoms with Gasteiger partial charge in [0.2, 0.25) is 0 Å². The summed E-state index contributed by atoms with van der Waals surface area (Å²) in [5.74, 6) is 0. The number of nitrogens with one attached hydrogen (secondary N) is 1. The molecule has 0 amide bonds. The Morgan fingerprint density at radius 3 is 2.18 bits per heavy atom. The molecule has 1 aliphatic rings. The van der Waals surface area contributed by atoms with Gasteiger partial charge in [-0.1, -0.05) is 39.5 Å². The first-order valence-corrected chi connectivity index (χ1v) is 7.65. The first-order valence-electron chi connectivity index (χ1n) is 7.65. The molecule has 0 spiro atoms. The lowest BCUT2D eigenvalue weighted by molar-refractivity contribution is -0.00994. The highest BCUT2D eigenvalue weighted by Crippen LogP contribution is 2.20. The smallest absolute Gasteiger partial charge is 0.0675 e. The van der Waals surface area contributed by atoms with Crippen LogP contribution in [0.5, 0.6) is 0 Å². The van der Waals surface area contributed by atoms with Crippen LogP contribution < -0.4 is 5.32 Å². The Bertz CT molecular complexity index is 172. The maximum atomic E-state index is 6.15. The fourth-order valence-corrected chi connectivity index (χ4v) is 2.66. The molecule has 0 heterocycles. The van der Waals surface area contributed by atoms with E-state index in [0.29, 0.717) is 18.2 Å². The lowest BCUT2D eigenvalue weighted by Crippen LogP contribution is -2.36. The molecule has 0 saturated heterocycles. The van der Waals surface area contributed by atoms with Gasteiger partial charge in [0.05, 0.1) is 12.2 Å². The van der Waals surface area contributed by atoms with E-state index in [9.17, 15) is 0 Å². The Kier molecular flexibility index (Phi) is 7.87. The molecule has 1 saturated carbocycles. The topological polar surface area (TPSA) is 21.3 Å². The molecular weight excluding hydrogens is 210 g/mol. The summed E-state index contributed by atoms with van der Waals surface area (Å²) in [6, 6.07) is 0.662. The molecule has 17 heavy (non-hydrogen) atoms. The average molecular weight is 241 g/mol. The third kappa shape index (κ3) is 6.42. The van der Waals surface area contributed by atoms with Crippen molar-refractivity contribution >= 4 is 0 Å². The third-order valence-corrected chi connectivity index (χ3v) is 3.91. The molecule has 0 radical (unpaired) electrons. The fraction of sp³-hybridized carbons (Fsp3) is 1.00. The Morgan fingerprint density at radius 1 is 1.06 bits per heavy atom. The largest absolute Gasteiger partial charge is 0.374 e. The third-order valence-electron chi connectivity index (χ3n) is 3.91. The second-order valence-corrected chi connectivity index (χ2v) is 5.48. The average Bonchev–Trinajstić information content (AvgIpc) is 2.59. The molecule has 1 aliphatic carbocycles. The van der Waals surface area contributed by atoms with Crippen molar-refractivity contribution in [3.63, 3.8) is 0 Å². The van der Waals surface area contributed by atoms with E-state index in [0.717, 1.165) is 6.54 Å². The number of ether oxygens (including phenoxy) is 1. The second kappa shape index (κ2) is 8.93. The SMILES string of the molecule is CCC(CC)NCC(C)OC1CCCCCC1. The van der Waals surface area contributed by atoms with Crippen molar-refractivity contribution in [3.05, 3.63) is 0 Å². The zero-order valence-corrected chi connectivity index (χ0v) is 12.0. The molecule has 2 heteroatoms. The normalized spacial score (nSPS) is 20.5. The zero-order chi connectivity index (χ0) is 12.5. The van der Waals surface area contributed by atoms with Crippen molar-refractivity contribution in [1.29, 1.82) is 0 Å². The van der Waals surface area contributed by atoms with Crippen LogP contribution in [0.4, 0.5) is 0 Å². The maximum Gasteiger partial charge on any atom is 0.0675 e. The molecule has 0 aromatic heterocycles. The van der Waals surface area contributed by atoms with Gasteiger partial charge in [-0.15, -0.1) is 0 Å². The Balaban J connectivity index is 2.16. The predicted molar refractivity (Wildman–Crippen MR) is 74.4 cm³/mol. The van der Waals surface area contributed by atoms with E-state index in [1.54, 1.807) is 0 Å². The van der Waals surface area contributed by atoms with Crippen LogP contribution in [0.3, 0.4) is 0 Å². The Hall–Kier alpha value is -0.0800. The quantitative estimate of drug-likeness (QED) is 0.683. The van der Waals surface area contributed by atoms with Gasteiger partial charge in [-0.05, 0) is 32.6 Å². The summed E-state index contributed by atoms with van der Waals surface area (Å²) in [6.45, 7) is 7.71. The molecule has 2 nitrogen and oxygen atoms in total. The first kappa shape index (κ1) is 15.0. The van der Waals surface area contributed by atoms with Gasteiger partial charge in [-0.25, -0.2) is 0 Å². The van der Waals surface area contributed by atoms with E-state index >= 15 is 0 Å². The zero-order valence-electron chi connectivity index (χ0n) is 12.0. The highest BCUT2D eigenvalue weighted by molar-refractivity contribution is 4.69. The number of hydrogen-bond donors (Lipinski definition) is 1. The number of rotatable bonds is 7. The molecule has 0 aromatic rings. The van der Waals surface area contributed by atoms with Crippen LogP contribution in [0.2, 0.25) is 0 Å². The van der Waals surface area contributed by atoms with E-state index in [-0.39, 0.29) is 0 Å². The van der Waals surface area contributed by atoms with E-state index in [2.05, 4.69) is 26.1 Å². The van der Waals surface area contributed by atoms with E-state index in [1.807, 2.05) is 0 Å². The van der Waals surface area contributed by atoms with Gasteiger partial charge >= 0.3 is 0 Å². The van der Waals surface area contributed by atoms with Gasteiger partial charge in [-0.2, -0.15) is 0 Å². The van der Waals surface area contributed by atoms with Crippen LogP contribution in [0.25, 0.3) is 0 Å². The van der Waals surface area contributed by atoms with E-state index in [4.69, 9.17) is 4.74 Å². The van der Waals surface area contributed by atoms with Gasteiger partial charge < -0.3 is 10.1 Å². The summed E-state index contributed by atoms with van der Waals surface area (Å²) in [6.07, 6.45) is 11.4. The molecule has 0 aliphatic heterocycles. The molecule has 0 aromatic carbocycles. The lowest BCUT2D eigenvalue weighted by atomic mass is 10.1. The molecule has 1 fully saturated rings. The van der Waals surface area contributed by atoms with Crippen LogP contribution in [0.15, 0.2) is 0 Å². The fourth-order valence-electron chi connectivity index (χ4n) is 2.66. The van der Waals surface area contributed by atoms with Crippen molar-refractivity contribution in [2.24, 2.45) is 0 Å². The standard InChI is InChI=1S/C15H31NO/c1-4-14(5-2)16-12-13(3)17-15-10-8-6-7-9-11-15/h13-16H,4-12H2,1-3H3. The molecule has 1 unspecified atom stereocenters. The van der Waals surface area contributed by atoms with Gasteiger partial charge in [0.1, 0.15) is 0 Å². The maximum absolute atomic E-state index is 6.15. The van der Waals surface area contributed by atoms with Crippen molar-refractivity contribution in [2.45, 2.75) is 90.4 Å². The Morgan fingerprint density at radius 2 is 1.65 bits per heavy atom. The van der Waals surface area contributed by atoms with Crippen LogP contribution in [0.1, 0.15) is 72.1 Å². The van der Waals surface area contributed by atoms with Crippen molar-refractivity contribution < 1.29 is 4.74 Å². The van der Waals surface area contributed by atoms with Crippen LogP contribution in [0, 0.1) is 0 Å². The summed E-state index contributed by atoms with van der Waals surface area (Å²) in [7, 11) is 0. The monoisotopic (exact) mass is 241 g/mol. The van der Waals surface area contributed by atoms with Gasteiger partial charge in [0.15, 0.2) is 0 Å². The summed E-state index contributed by atoms with van der Waals surface area (Å²) < 4.78 is 6.15. The minimum absolute atomic E-state index is 0.360. The van der Waals surface area contributed by atoms with E-state index < -0.39 is 0 Å². The predicted octanol–water partition coefficient (Wildman–Crippen LogP) is 3.89. The molecule has 1 N–H and O–H groups in total. The summed E-state index contributed by atoms with van der Waals surface area (Å²) in [5.41, 5.74) is 0. The lowest BCUT2D eigenvalue weighted by Gasteiger charge is -2.23. The van der Waals surface area contributed by atoms with Crippen LogP contribution in [-0.2, 0) is 4.74 Å². The molecule has 0 bridgehead atoms. The molecule has 1 atom stereocenters. The van der Waals surface area contributed by atoms with Crippen LogP contribution in [-0.4, -0.2) is 24.8 Å². The molecule has 1 rings (SSSR count). The minimum Gasteiger partial charge on any atom is -0.374 e. The van der Waals surface area contributed by atoms with Gasteiger partial charge in [0, 0.05) is 12.6 Å². The van der Waals surface area contributed by atoms with Crippen molar-refractivity contribution in [3.8, 4) is 0 Å². The number of hydrogen-bond acceptors (Lipinski definition) is 2. The molecule has 102 valence electrons. The first-order chi connectivity index (χ1) is 8.26. The summed E-state index contributed by atoms with van der Waals surface area (Å²) in [5, 5.41) is 3.60. The Labute approximate surface area is 108 Å². The highest BCUT2D eigenvalue weighted by Gasteiger charge is 2.16. The minimum atomic E-state index is 0.360. The van der Waals surface area contributed by atoms with Crippen molar-refractivity contribution in [1.82, 2.24) is 5.32 Å². The summed E-state index contributed by atoms with van der Waals surface area (Å²) in [4.78, 5) is 0. The summed E-state index contributed by atoms with van der Waals surface area (Å²) >= 11 is 0. The van der Waals surface area contributed by atoms with Crippen LogP contribution >= 0.6 is 0 Å². The van der Waals surface area contributed by atoms with E-state index in [1.165, 1.54) is 51.4 Å². The highest BCUT2D eigenvalue weighted by atomic mass is 16.5. The van der Waals surface area contributed by atoms with Gasteiger partial charge in [-0.3, -0.25) is 0 Å². The van der Waals surface area contributed by atoms with Gasteiger partial charge in [0.25, 0.3) is 0 Å². The second-order valence-electron chi connectivity index (χ2n) is 5.48. The molecular formula is C15H31NO. The van der Waals surface area contributed by atoms with Crippen molar-refractivity contribution in [2.75, 3.05) is 6.54 Å².